The fourth-order valence-corrected chi connectivity index (χ4v) is 3.23. The number of carbonyl (C=O) groups excluding carboxylic acids is 1. The van der Waals surface area contributed by atoms with Gasteiger partial charge in [-0.1, -0.05) is 58.3 Å². The summed E-state index contributed by atoms with van der Waals surface area (Å²) >= 11 is 0. The van der Waals surface area contributed by atoms with Crippen molar-refractivity contribution < 1.29 is 25.2 Å². The number of aliphatic hydroxyl groups is 4. The topological polar surface area (TPSA) is 110 Å². The van der Waals surface area contributed by atoms with E-state index in [1.54, 1.807) is 0 Å². The first-order chi connectivity index (χ1) is 11.5. The Hall–Kier alpha value is -0.690. The maximum absolute atomic E-state index is 11.9. The van der Waals surface area contributed by atoms with Gasteiger partial charge < -0.3 is 25.7 Å². The van der Waals surface area contributed by atoms with Crippen LogP contribution in [0.4, 0.5) is 0 Å². The van der Waals surface area contributed by atoms with Gasteiger partial charge in [0.25, 0.3) is 0 Å². The molecule has 1 saturated carbocycles. The molecule has 0 unspecified atom stereocenters. The van der Waals surface area contributed by atoms with Crippen molar-refractivity contribution in [3.05, 3.63) is 0 Å². The van der Waals surface area contributed by atoms with Crippen molar-refractivity contribution in [2.75, 3.05) is 0 Å². The van der Waals surface area contributed by atoms with Gasteiger partial charge in [-0.3, -0.25) is 4.79 Å². The van der Waals surface area contributed by atoms with Crippen LogP contribution in [0.3, 0.4) is 0 Å². The Morgan fingerprint density at radius 1 is 0.833 bits per heavy atom. The summed E-state index contributed by atoms with van der Waals surface area (Å²) in [5, 5.41) is 41.3. The number of hydrogen-bond donors (Lipinski definition) is 5. The van der Waals surface area contributed by atoms with Gasteiger partial charge in [-0.15, -0.1) is 0 Å². The van der Waals surface area contributed by atoms with E-state index in [4.69, 9.17) is 0 Å². The van der Waals surface area contributed by atoms with E-state index in [-0.39, 0.29) is 12.3 Å². The summed E-state index contributed by atoms with van der Waals surface area (Å²) in [6.07, 6.45) is 5.84. The molecule has 0 bridgehead atoms. The molecule has 142 valence electrons. The Morgan fingerprint density at radius 3 is 1.96 bits per heavy atom. The van der Waals surface area contributed by atoms with Crippen molar-refractivity contribution in [3.63, 3.8) is 0 Å². The van der Waals surface area contributed by atoms with Gasteiger partial charge in [0.05, 0.1) is 12.1 Å². The molecule has 1 fully saturated rings. The van der Waals surface area contributed by atoms with Gasteiger partial charge >= 0.3 is 0 Å². The standard InChI is InChI=1S/C18H35NO5/c1-2-3-4-5-6-7-8-9-10-11-15(21)19-13-12-14(20)17(23)18(24)16(13)22/h13-14,16-18,20,22-24H,2-12H2,1H3,(H,19,21)/t13-,14+,16-,17-,18-/m0/s1. The predicted molar refractivity (Wildman–Crippen MR) is 92.4 cm³/mol. The molecule has 6 heteroatoms. The van der Waals surface area contributed by atoms with Crippen LogP contribution in [0.15, 0.2) is 0 Å². The van der Waals surface area contributed by atoms with E-state index in [1.807, 2.05) is 0 Å². The number of aliphatic hydroxyl groups excluding tert-OH is 4. The van der Waals surface area contributed by atoms with Crippen LogP contribution in [0, 0.1) is 0 Å². The van der Waals surface area contributed by atoms with Gasteiger partial charge in [0.1, 0.15) is 18.3 Å². The molecular formula is C18H35NO5. The first-order valence-electron chi connectivity index (χ1n) is 9.49. The summed E-state index contributed by atoms with van der Waals surface area (Å²) in [4.78, 5) is 11.9. The third kappa shape index (κ3) is 7.47. The molecule has 1 rings (SSSR count). The number of hydrogen-bond acceptors (Lipinski definition) is 5. The average molecular weight is 345 g/mol. The van der Waals surface area contributed by atoms with E-state index >= 15 is 0 Å². The van der Waals surface area contributed by atoms with Crippen LogP contribution in [-0.2, 0) is 4.79 Å². The smallest absolute Gasteiger partial charge is 0.220 e. The average Bonchev–Trinajstić information content (AvgIpc) is 2.56. The first kappa shape index (κ1) is 21.4. The van der Waals surface area contributed by atoms with Crippen molar-refractivity contribution in [1.82, 2.24) is 5.32 Å². The molecule has 0 aromatic heterocycles. The van der Waals surface area contributed by atoms with Crippen molar-refractivity contribution in [2.45, 2.75) is 108 Å². The molecule has 5 atom stereocenters. The SMILES string of the molecule is CCCCCCCCCCCC(=O)N[C@H]1C[C@@H](O)[C@H](O)[C@@H](O)[C@H]1O. The first-order valence-corrected chi connectivity index (χ1v) is 9.49. The van der Waals surface area contributed by atoms with Gasteiger partial charge in [0.2, 0.25) is 5.91 Å². The molecule has 6 nitrogen and oxygen atoms in total. The highest BCUT2D eigenvalue weighted by atomic mass is 16.4. The second-order valence-corrected chi connectivity index (χ2v) is 7.03. The minimum Gasteiger partial charge on any atom is -0.390 e. The predicted octanol–water partition coefficient (Wildman–Crippen LogP) is 1.24. The Bertz CT molecular complexity index is 352. The molecule has 0 radical (unpaired) electrons. The molecule has 1 amide bonds. The van der Waals surface area contributed by atoms with Crippen LogP contribution in [0.1, 0.15) is 77.6 Å². The molecule has 0 aliphatic heterocycles. The highest BCUT2D eigenvalue weighted by Gasteiger charge is 2.42. The minimum absolute atomic E-state index is 0.0445. The van der Waals surface area contributed by atoms with E-state index < -0.39 is 30.5 Å². The molecular weight excluding hydrogens is 310 g/mol. The lowest BCUT2D eigenvalue weighted by Crippen LogP contribution is -2.60. The summed E-state index contributed by atoms with van der Waals surface area (Å²) in [7, 11) is 0. The number of nitrogens with one attached hydrogen (secondary N) is 1. The fraction of sp³-hybridized carbons (Fsp3) is 0.944. The fourth-order valence-electron chi connectivity index (χ4n) is 3.23. The zero-order chi connectivity index (χ0) is 17.9. The van der Waals surface area contributed by atoms with Crippen LogP contribution in [-0.4, -0.2) is 56.8 Å². The molecule has 0 saturated heterocycles. The van der Waals surface area contributed by atoms with Crippen molar-refractivity contribution in [1.29, 1.82) is 0 Å². The van der Waals surface area contributed by atoms with E-state index in [2.05, 4.69) is 12.2 Å². The monoisotopic (exact) mass is 345 g/mol. The van der Waals surface area contributed by atoms with Gasteiger partial charge in [0.15, 0.2) is 0 Å². The molecule has 1 aliphatic carbocycles. The summed E-state index contributed by atoms with van der Waals surface area (Å²) in [6.45, 7) is 2.21. The zero-order valence-electron chi connectivity index (χ0n) is 14.9. The maximum atomic E-state index is 11.9. The van der Waals surface area contributed by atoms with Crippen LogP contribution < -0.4 is 5.32 Å². The Morgan fingerprint density at radius 2 is 1.38 bits per heavy atom. The number of rotatable bonds is 11. The lowest BCUT2D eigenvalue weighted by molar-refractivity contribution is -0.151. The molecule has 0 aromatic carbocycles. The number of carbonyl (C=O) groups is 1. The lowest BCUT2D eigenvalue weighted by Gasteiger charge is -2.38. The molecule has 0 spiro atoms. The highest BCUT2D eigenvalue weighted by molar-refractivity contribution is 5.76. The summed E-state index contributed by atoms with van der Waals surface area (Å²) in [5.41, 5.74) is 0. The van der Waals surface area contributed by atoms with Crippen molar-refractivity contribution in [2.24, 2.45) is 0 Å². The third-order valence-electron chi connectivity index (χ3n) is 4.86. The Balaban J connectivity index is 2.09. The van der Waals surface area contributed by atoms with Crippen LogP contribution in [0.5, 0.6) is 0 Å². The molecule has 5 N–H and O–H groups in total. The van der Waals surface area contributed by atoms with E-state index in [0.717, 1.165) is 19.3 Å². The number of unbranched alkanes of at least 4 members (excludes halogenated alkanes) is 8. The zero-order valence-corrected chi connectivity index (χ0v) is 14.9. The minimum atomic E-state index is -1.44. The highest BCUT2D eigenvalue weighted by Crippen LogP contribution is 2.21. The summed E-state index contributed by atoms with van der Waals surface area (Å²) < 4.78 is 0. The van der Waals surface area contributed by atoms with Crippen LogP contribution in [0.2, 0.25) is 0 Å². The van der Waals surface area contributed by atoms with Gasteiger partial charge in [0, 0.05) is 6.42 Å². The molecule has 0 heterocycles. The van der Waals surface area contributed by atoms with Gasteiger partial charge in [-0.25, -0.2) is 0 Å². The molecule has 1 aliphatic rings. The number of amides is 1. The summed E-state index contributed by atoms with van der Waals surface area (Å²) in [5.74, 6) is -0.183. The van der Waals surface area contributed by atoms with Crippen molar-refractivity contribution in [3.8, 4) is 0 Å². The van der Waals surface area contributed by atoms with Crippen LogP contribution >= 0.6 is 0 Å². The van der Waals surface area contributed by atoms with Gasteiger partial charge in [-0.2, -0.15) is 0 Å². The lowest BCUT2D eigenvalue weighted by atomic mass is 9.85. The molecule has 0 aromatic rings. The molecule has 24 heavy (non-hydrogen) atoms. The van der Waals surface area contributed by atoms with E-state index in [9.17, 15) is 25.2 Å². The Labute approximate surface area is 145 Å². The largest absolute Gasteiger partial charge is 0.390 e. The second-order valence-electron chi connectivity index (χ2n) is 7.03. The third-order valence-corrected chi connectivity index (χ3v) is 4.86. The van der Waals surface area contributed by atoms with Crippen molar-refractivity contribution >= 4 is 5.91 Å². The summed E-state index contributed by atoms with van der Waals surface area (Å²) in [6, 6.07) is -0.718. The second kappa shape index (κ2) is 11.8. The maximum Gasteiger partial charge on any atom is 0.220 e. The van der Waals surface area contributed by atoms with Gasteiger partial charge in [-0.05, 0) is 12.8 Å². The Kier molecular flexibility index (Phi) is 10.5. The van der Waals surface area contributed by atoms with E-state index in [1.165, 1.54) is 38.5 Å². The quantitative estimate of drug-likeness (QED) is 0.362. The van der Waals surface area contributed by atoms with E-state index in [0.29, 0.717) is 6.42 Å². The normalized spacial score (nSPS) is 30.3. The van der Waals surface area contributed by atoms with Crippen LogP contribution in [0.25, 0.3) is 0 Å².